The van der Waals surface area contributed by atoms with E-state index in [0.717, 1.165) is 6.42 Å². The van der Waals surface area contributed by atoms with Crippen molar-refractivity contribution in [2.45, 2.75) is 45.3 Å². The minimum atomic E-state index is -0.194. The number of carbonyl (C=O) groups is 1. The summed E-state index contributed by atoms with van der Waals surface area (Å²) >= 11 is 0. The fraction of sp³-hybridized carbons (Fsp3) is 0.562. The second kappa shape index (κ2) is 5.74. The Kier molecular flexibility index (Phi) is 4.25. The summed E-state index contributed by atoms with van der Waals surface area (Å²) in [7, 11) is 0. The predicted octanol–water partition coefficient (Wildman–Crippen LogP) is 2.65. The Morgan fingerprint density at radius 2 is 2.05 bits per heavy atom. The van der Waals surface area contributed by atoms with E-state index in [0.29, 0.717) is 19.6 Å². The topological polar surface area (TPSA) is 29.5 Å². The number of benzene rings is 1. The lowest BCUT2D eigenvalue weighted by Gasteiger charge is -2.45. The maximum atomic E-state index is 12.1. The molecule has 0 spiro atoms. The molecule has 2 rings (SSSR count). The molecule has 0 saturated carbocycles. The third kappa shape index (κ3) is 3.35. The monoisotopic (exact) mass is 261 g/mol. The molecule has 1 fully saturated rings. The Hall–Kier alpha value is -1.35. The fourth-order valence-electron chi connectivity index (χ4n) is 2.53. The van der Waals surface area contributed by atoms with Gasteiger partial charge < -0.3 is 9.64 Å². The standard InChI is InChI=1S/C16H23NO2/c1-4-15(18)17-11-14(19-12-16(17,2)3)10-13-8-6-5-7-9-13/h5-9,14H,4,10-12H2,1-3H3. The van der Waals surface area contributed by atoms with Crippen LogP contribution >= 0.6 is 0 Å². The average molecular weight is 261 g/mol. The lowest BCUT2D eigenvalue weighted by atomic mass is 9.98. The van der Waals surface area contributed by atoms with E-state index < -0.39 is 0 Å². The average Bonchev–Trinajstić information content (AvgIpc) is 2.41. The van der Waals surface area contributed by atoms with Crippen molar-refractivity contribution in [1.82, 2.24) is 4.90 Å². The summed E-state index contributed by atoms with van der Waals surface area (Å²) in [5, 5.41) is 0. The van der Waals surface area contributed by atoms with Crippen molar-refractivity contribution < 1.29 is 9.53 Å². The molecule has 0 bridgehead atoms. The number of ether oxygens (including phenoxy) is 1. The van der Waals surface area contributed by atoms with Gasteiger partial charge in [0, 0.05) is 19.4 Å². The van der Waals surface area contributed by atoms with E-state index in [-0.39, 0.29) is 17.6 Å². The molecular weight excluding hydrogens is 238 g/mol. The summed E-state index contributed by atoms with van der Waals surface area (Å²) in [6.07, 6.45) is 1.53. The van der Waals surface area contributed by atoms with Crippen LogP contribution in [0.15, 0.2) is 30.3 Å². The fourth-order valence-corrected chi connectivity index (χ4v) is 2.53. The van der Waals surface area contributed by atoms with Gasteiger partial charge in [-0.2, -0.15) is 0 Å². The van der Waals surface area contributed by atoms with Gasteiger partial charge in [-0.1, -0.05) is 37.3 Å². The van der Waals surface area contributed by atoms with Crippen LogP contribution in [-0.2, 0) is 16.0 Å². The van der Waals surface area contributed by atoms with Crippen molar-refractivity contribution in [1.29, 1.82) is 0 Å². The quantitative estimate of drug-likeness (QED) is 0.837. The summed E-state index contributed by atoms with van der Waals surface area (Å²) in [5.41, 5.74) is 1.07. The van der Waals surface area contributed by atoms with Gasteiger partial charge in [-0.25, -0.2) is 0 Å². The van der Waals surface area contributed by atoms with Gasteiger partial charge >= 0.3 is 0 Å². The van der Waals surface area contributed by atoms with E-state index in [9.17, 15) is 4.79 Å². The van der Waals surface area contributed by atoms with Crippen LogP contribution in [-0.4, -0.2) is 35.6 Å². The van der Waals surface area contributed by atoms with E-state index in [1.165, 1.54) is 5.56 Å². The van der Waals surface area contributed by atoms with E-state index in [1.807, 2.05) is 30.0 Å². The maximum absolute atomic E-state index is 12.1. The third-order valence-corrected chi connectivity index (χ3v) is 3.70. The van der Waals surface area contributed by atoms with Crippen molar-refractivity contribution in [3.63, 3.8) is 0 Å². The van der Waals surface area contributed by atoms with Gasteiger partial charge in [-0.3, -0.25) is 4.79 Å². The highest BCUT2D eigenvalue weighted by atomic mass is 16.5. The number of morpholine rings is 1. The molecule has 1 aromatic rings. The van der Waals surface area contributed by atoms with Gasteiger partial charge in [0.05, 0.1) is 18.2 Å². The molecule has 0 N–H and O–H groups in total. The number of hydrogen-bond donors (Lipinski definition) is 0. The van der Waals surface area contributed by atoms with Gasteiger partial charge in [0.1, 0.15) is 0 Å². The molecule has 1 aliphatic rings. The Bertz CT molecular complexity index is 428. The van der Waals surface area contributed by atoms with Crippen LogP contribution in [0.2, 0.25) is 0 Å². The van der Waals surface area contributed by atoms with E-state index in [1.54, 1.807) is 0 Å². The van der Waals surface area contributed by atoms with Crippen LogP contribution in [0, 0.1) is 0 Å². The Balaban J connectivity index is 2.04. The second-order valence-electron chi connectivity index (χ2n) is 5.79. The molecule has 0 radical (unpaired) electrons. The minimum absolute atomic E-state index is 0.103. The molecule has 1 aliphatic heterocycles. The molecule has 3 nitrogen and oxygen atoms in total. The molecule has 0 aliphatic carbocycles. The highest BCUT2D eigenvalue weighted by molar-refractivity contribution is 5.76. The highest BCUT2D eigenvalue weighted by Crippen LogP contribution is 2.24. The first kappa shape index (κ1) is 14.1. The lowest BCUT2D eigenvalue weighted by Crippen LogP contribution is -2.58. The molecule has 0 aromatic heterocycles. The van der Waals surface area contributed by atoms with Crippen molar-refractivity contribution in [2.24, 2.45) is 0 Å². The van der Waals surface area contributed by atoms with Crippen molar-refractivity contribution in [2.75, 3.05) is 13.2 Å². The number of hydrogen-bond acceptors (Lipinski definition) is 2. The smallest absolute Gasteiger partial charge is 0.222 e. The molecule has 3 heteroatoms. The van der Waals surface area contributed by atoms with Crippen molar-refractivity contribution in [3.05, 3.63) is 35.9 Å². The zero-order valence-corrected chi connectivity index (χ0v) is 12.1. The first-order chi connectivity index (χ1) is 9.03. The number of amides is 1. The molecule has 1 saturated heterocycles. The first-order valence-corrected chi connectivity index (χ1v) is 6.99. The Morgan fingerprint density at radius 1 is 1.37 bits per heavy atom. The summed E-state index contributed by atoms with van der Waals surface area (Å²) in [4.78, 5) is 14.0. The van der Waals surface area contributed by atoms with Gasteiger partial charge in [-0.05, 0) is 19.4 Å². The lowest BCUT2D eigenvalue weighted by molar-refractivity contribution is -0.153. The van der Waals surface area contributed by atoms with Crippen LogP contribution in [0.25, 0.3) is 0 Å². The van der Waals surface area contributed by atoms with E-state index >= 15 is 0 Å². The Morgan fingerprint density at radius 3 is 2.68 bits per heavy atom. The normalized spacial score (nSPS) is 22.3. The third-order valence-electron chi connectivity index (χ3n) is 3.70. The largest absolute Gasteiger partial charge is 0.374 e. The number of nitrogens with zero attached hydrogens (tertiary/aromatic N) is 1. The number of carbonyl (C=O) groups excluding carboxylic acids is 1. The second-order valence-corrected chi connectivity index (χ2v) is 5.79. The maximum Gasteiger partial charge on any atom is 0.222 e. The van der Waals surface area contributed by atoms with Crippen LogP contribution in [0.1, 0.15) is 32.8 Å². The molecule has 1 amide bonds. The van der Waals surface area contributed by atoms with Crippen LogP contribution in [0.4, 0.5) is 0 Å². The summed E-state index contributed by atoms with van der Waals surface area (Å²) < 4.78 is 5.93. The zero-order valence-electron chi connectivity index (χ0n) is 12.1. The summed E-state index contributed by atoms with van der Waals surface area (Å²) in [6.45, 7) is 7.35. The van der Waals surface area contributed by atoms with Crippen molar-refractivity contribution in [3.8, 4) is 0 Å². The molecule has 1 atom stereocenters. The molecule has 104 valence electrons. The molecule has 1 unspecified atom stereocenters. The number of rotatable bonds is 3. The van der Waals surface area contributed by atoms with E-state index in [2.05, 4.69) is 26.0 Å². The SMILES string of the molecule is CCC(=O)N1CC(Cc2ccccc2)OCC1(C)C. The van der Waals surface area contributed by atoms with Crippen molar-refractivity contribution >= 4 is 5.91 Å². The van der Waals surface area contributed by atoms with Gasteiger partial charge in [0.15, 0.2) is 0 Å². The Labute approximate surface area is 115 Å². The zero-order chi connectivity index (χ0) is 13.9. The van der Waals surface area contributed by atoms with Crippen LogP contribution in [0.5, 0.6) is 0 Å². The predicted molar refractivity (Wildman–Crippen MR) is 76.0 cm³/mol. The van der Waals surface area contributed by atoms with Crippen LogP contribution in [0.3, 0.4) is 0 Å². The molecular formula is C16H23NO2. The summed E-state index contributed by atoms with van der Waals surface area (Å²) in [6, 6.07) is 10.3. The van der Waals surface area contributed by atoms with Gasteiger partial charge in [0.2, 0.25) is 5.91 Å². The van der Waals surface area contributed by atoms with Gasteiger partial charge in [-0.15, -0.1) is 0 Å². The van der Waals surface area contributed by atoms with Gasteiger partial charge in [0.25, 0.3) is 0 Å². The minimum Gasteiger partial charge on any atom is -0.374 e. The molecule has 1 heterocycles. The molecule has 19 heavy (non-hydrogen) atoms. The van der Waals surface area contributed by atoms with Crippen LogP contribution < -0.4 is 0 Å². The molecule has 1 aromatic carbocycles. The highest BCUT2D eigenvalue weighted by Gasteiger charge is 2.37. The first-order valence-electron chi connectivity index (χ1n) is 6.99. The summed E-state index contributed by atoms with van der Waals surface area (Å²) in [5.74, 6) is 0.214. The van der Waals surface area contributed by atoms with E-state index in [4.69, 9.17) is 4.74 Å².